The maximum atomic E-state index is 13.0. The first kappa shape index (κ1) is 29.1. The van der Waals surface area contributed by atoms with Crippen LogP contribution in [0.3, 0.4) is 0 Å². The number of halogens is 6. The molecule has 0 amide bonds. The summed E-state index contributed by atoms with van der Waals surface area (Å²) in [7, 11) is 2.75. The number of hydrogen-bond donors (Lipinski definition) is 0. The molecule has 0 bridgehead atoms. The Morgan fingerprint density at radius 3 is 1.32 bits per heavy atom. The Kier molecular flexibility index (Phi) is 7.97. The molecule has 0 radical (unpaired) electrons. The summed E-state index contributed by atoms with van der Waals surface area (Å²) in [5, 5.41) is 7.00. The Bertz CT molecular complexity index is 1320. The summed E-state index contributed by atoms with van der Waals surface area (Å²) < 4.78 is 90.5. The third kappa shape index (κ3) is 5.84. The topological polar surface area (TPSA) is 79.9 Å². The van der Waals surface area contributed by atoms with Crippen molar-refractivity contribution in [3.8, 4) is 23.1 Å². The van der Waals surface area contributed by atoms with Gasteiger partial charge in [-0.2, -0.15) is 26.3 Å². The predicted molar refractivity (Wildman–Crippen MR) is 116 cm³/mol. The molecule has 0 spiro atoms. The van der Waals surface area contributed by atoms with Crippen LogP contribution in [0.15, 0.2) is 36.4 Å². The van der Waals surface area contributed by atoms with Crippen LogP contribution in [-0.4, -0.2) is 43.7 Å². The van der Waals surface area contributed by atoms with Gasteiger partial charge in [0.2, 0.25) is 0 Å². The number of hydrogen-bond acceptors (Lipinski definition) is 6. The molecule has 0 aliphatic rings. The maximum Gasteiger partial charge on any atom is 2.00 e. The first-order valence-corrected chi connectivity index (χ1v) is 10.5. The number of nitrogens with zero attached hydrogens (tertiary/aromatic N) is 6. The molecule has 4 rings (SSSR count). The van der Waals surface area contributed by atoms with Crippen LogP contribution in [0.4, 0.5) is 26.3 Å². The van der Waals surface area contributed by atoms with E-state index in [1.807, 2.05) is 0 Å². The van der Waals surface area contributed by atoms with Gasteiger partial charge in [-0.15, -0.1) is 12.1 Å². The van der Waals surface area contributed by atoms with Gasteiger partial charge in [0.1, 0.15) is 11.5 Å². The van der Waals surface area contributed by atoms with Crippen LogP contribution in [0.2, 0.25) is 0 Å². The molecule has 0 saturated heterocycles. The molecule has 0 aliphatic carbocycles. The van der Waals surface area contributed by atoms with Gasteiger partial charge < -0.3 is 18.8 Å². The first-order chi connectivity index (χ1) is 17.2. The summed E-state index contributed by atoms with van der Waals surface area (Å²) in [6.07, 6.45) is -4.56. The molecule has 4 aromatic rings. The molecule has 4 aromatic heterocycles. The van der Waals surface area contributed by atoms with E-state index >= 15 is 0 Å². The van der Waals surface area contributed by atoms with E-state index in [0.717, 1.165) is 9.36 Å². The smallest absolute Gasteiger partial charge is 0.498 e. The zero-order valence-corrected chi connectivity index (χ0v) is 22.3. The summed E-state index contributed by atoms with van der Waals surface area (Å²) in [5.41, 5.74) is -2.72. The summed E-state index contributed by atoms with van der Waals surface area (Å²) in [4.78, 5) is 8.90. The second-order valence-electron chi connectivity index (χ2n) is 8.26. The van der Waals surface area contributed by atoms with Crippen molar-refractivity contribution in [3.05, 3.63) is 71.6 Å². The Hall–Kier alpha value is -3.41. The van der Waals surface area contributed by atoms with Crippen LogP contribution >= 0.6 is 0 Å². The third-order valence-corrected chi connectivity index (χ3v) is 5.40. The Morgan fingerprint density at radius 2 is 1.03 bits per heavy atom. The number of aromatic nitrogens is 6. The number of pyridine rings is 2. The van der Waals surface area contributed by atoms with Crippen LogP contribution < -0.4 is 9.47 Å². The molecule has 0 fully saturated rings. The fraction of sp³-hybridized carbons (Fsp3) is 0.304. The minimum absolute atomic E-state index is 0. The number of ether oxygens (including phenoxy) is 2. The quantitative estimate of drug-likeness (QED) is 0.210. The van der Waals surface area contributed by atoms with Gasteiger partial charge in [-0.05, 0) is 26.0 Å². The van der Waals surface area contributed by atoms with E-state index in [-0.39, 0.29) is 44.2 Å². The van der Waals surface area contributed by atoms with Gasteiger partial charge in [-0.3, -0.25) is 20.2 Å². The van der Waals surface area contributed by atoms with Crippen molar-refractivity contribution < 1.29 is 56.9 Å². The monoisotopic (exact) mass is 719 g/mol. The molecule has 0 aliphatic heterocycles. The number of methoxy groups -OCH3 is 2. The van der Waals surface area contributed by atoms with E-state index in [9.17, 15) is 26.3 Å². The fourth-order valence-electron chi connectivity index (χ4n) is 3.29. The van der Waals surface area contributed by atoms with Gasteiger partial charge >= 0.3 is 33.4 Å². The van der Waals surface area contributed by atoms with Crippen LogP contribution in [0.25, 0.3) is 11.6 Å². The van der Waals surface area contributed by atoms with Crippen molar-refractivity contribution in [3.63, 3.8) is 0 Å². The Morgan fingerprint density at radius 1 is 0.658 bits per heavy atom. The van der Waals surface area contributed by atoms with Gasteiger partial charge in [0, 0.05) is 28.9 Å². The van der Waals surface area contributed by atoms with Crippen LogP contribution in [0.1, 0.15) is 36.6 Å². The van der Waals surface area contributed by atoms with Crippen LogP contribution in [0, 0.1) is 12.4 Å². The van der Waals surface area contributed by atoms with Crippen molar-refractivity contribution >= 4 is 0 Å². The van der Waals surface area contributed by atoms with Crippen molar-refractivity contribution in [2.24, 2.45) is 0 Å². The van der Waals surface area contributed by atoms with Gasteiger partial charge in [-0.1, -0.05) is 12.4 Å². The average molecular weight is 720 g/mol. The Labute approximate surface area is 226 Å². The molecule has 0 N–H and O–H groups in total. The van der Waals surface area contributed by atoms with Crippen molar-refractivity contribution in [2.45, 2.75) is 31.6 Å². The van der Waals surface area contributed by atoms with Gasteiger partial charge in [0.05, 0.1) is 37.2 Å². The minimum Gasteiger partial charge on any atom is -0.498 e. The molecular formula is C23H18F6N6O2Pt. The van der Waals surface area contributed by atoms with Crippen LogP contribution in [0.5, 0.6) is 11.5 Å². The fourth-order valence-corrected chi connectivity index (χ4v) is 3.29. The second-order valence-corrected chi connectivity index (χ2v) is 8.26. The molecule has 15 heteroatoms. The van der Waals surface area contributed by atoms with E-state index in [4.69, 9.17) is 9.47 Å². The molecule has 0 unspecified atom stereocenters. The summed E-state index contributed by atoms with van der Waals surface area (Å²) in [5.74, 6) is 0.528. The zero-order chi connectivity index (χ0) is 27.2. The maximum absolute atomic E-state index is 13.0. The molecule has 0 atom stereocenters. The largest absolute Gasteiger partial charge is 2.00 e. The average Bonchev–Trinajstić information content (AvgIpc) is 3.53. The number of alkyl halides is 6. The summed E-state index contributed by atoms with van der Waals surface area (Å²) >= 11 is 0. The summed E-state index contributed by atoms with van der Waals surface area (Å²) in [6.45, 7) is 3.43. The molecule has 8 nitrogen and oxygen atoms in total. The summed E-state index contributed by atoms with van der Waals surface area (Å²) in [6, 6.07) is 7.26. The van der Waals surface area contributed by atoms with Crippen LogP contribution in [-0.2, 0) is 38.8 Å². The van der Waals surface area contributed by atoms with Crippen molar-refractivity contribution in [1.29, 1.82) is 0 Å². The number of rotatable bonds is 6. The molecule has 38 heavy (non-hydrogen) atoms. The van der Waals surface area contributed by atoms with Gasteiger partial charge in [0.15, 0.2) is 0 Å². The van der Waals surface area contributed by atoms with E-state index in [1.54, 1.807) is 26.0 Å². The first-order valence-electron chi connectivity index (χ1n) is 10.5. The molecular weight excluding hydrogens is 701 g/mol. The zero-order valence-electron chi connectivity index (χ0n) is 20.0. The van der Waals surface area contributed by atoms with Gasteiger partial charge in [0.25, 0.3) is 0 Å². The molecule has 0 aromatic carbocycles. The molecule has 204 valence electrons. The van der Waals surface area contributed by atoms with Crippen molar-refractivity contribution in [1.82, 2.24) is 29.5 Å². The van der Waals surface area contributed by atoms with Gasteiger partial charge in [-0.25, -0.2) is 0 Å². The van der Waals surface area contributed by atoms with Crippen molar-refractivity contribution in [2.75, 3.05) is 14.2 Å². The standard InChI is InChI=1S/C23H18F6N6O2.Pt/c1-21(2,17-9-13(36-3)11-19(30-17)34-7-5-15(32-34)22(24,25)26)18-10-14(37-4)12-20(31-18)35-8-6-16(33-35)23(27,28)29;/h5-6,9-12H,1-4H3;/q-2;+2. The van der Waals surface area contributed by atoms with E-state index in [1.165, 1.54) is 26.4 Å². The molecule has 0 saturated carbocycles. The predicted octanol–water partition coefficient (Wildman–Crippen LogP) is 4.83. The van der Waals surface area contributed by atoms with E-state index in [2.05, 4.69) is 32.6 Å². The minimum atomic E-state index is -4.67. The second kappa shape index (κ2) is 10.4. The normalized spacial score (nSPS) is 12.3. The Balaban J connectivity index is 0.00000400. The van der Waals surface area contributed by atoms with E-state index in [0.29, 0.717) is 23.5 Å². The SMILES string of the molecule is COc1cc(-n2[c-]cc(C(F)(F)F)n2)nc(C(C)(C)c2cc(OC)cc(-n3[c-]cc(C(F)(F)F)n3)n2)c1.[Pt+2]. The molecule has 4 heterocycles. The third-order valence-electron chi connectivity index (χ3n) is 5.40. The van der Waals surface area contributed by atoms with E-state index < -0.39 is 29.2 Å².